The summed E-state index contributed by atoms with van der Waals surface area (Å²) in [5.74, 6) is 0.649. The van der Waals surface area contributed by atoms with Crippen molar-refractivity contribution in [3.8, 4) is 5.75 Å². The maximum atomic E-state index is 12.7. The van der Waals surface area contributed by atoms with Crippen LogP contribution in [0.3, 0.4) is 0 Å². The molecule has 5 heteroatoms. The third-order valence-electron chi connectivity index (χ3n) is 4.10. The maximum absolute atomic E-state index is 12.7. The molecule has 4 nitrogen and oxygen atoms in total. The molecule has 3 rings (SSSR count). The van der Waals surface area contributed by atoms with Crippen LogP contribution in [0.25, 0.3) is 0 Å². The average Bonchev–Trinajstić information content (AvgIpc) is 2.62. The zero-order valence-corrected chi connectivity index (χ0v) is 13.8. The van der Waals surface area contributed by atoms with Gasteiger partial charge in [0.1, 0.15) is 5.75 Å². The molecule has 0 N–H and O–H groups in total. The zero-order chi connectivity index (χ0) is 16.2. The van der Waals surface area contributed by atoms with Gasteiger partial charge in [-0.15, -0.1) is 0 Å². The SMILES string of the molecule is COc1ccccc1C(=O)N1CCN(c2ccc(Cl)cc2)CC1. The number of anilines is 1. The molecule has 1 heterocycles. The van der Waals surface area contributed by atoms with Gasteiger partial charge in [-0.1, -0.05) is 23.7 Å². The molecule has 0 atom stereocenters. The predicted octanol–water partition coefficient (Wildman–Crippen LogP) is 3.31. The Morgan fingerprint density at radius 2 is 1.65 bits per heavy atom. The van der Waals surface area contributed by atoms with Crippen LogP contribution in [-0.4, -0.2) is 44.1 Å². The van der Waals surface area contributed by atoms with Crippen molar-refractivity contribution in [2.24, 2.45) is 0 Å². The molecule has 1 aliphatic rings. The minimum absolute atomic E-state index is 0.0261. The van der Waals surface area contributed by atoms with E-state index in [-0.39, 0.29) is 5.91 Å². The molecule has 23 heavy (non-hydrogen) atoms. The zero-order valence-electron chi connectivity index (χ0n) is 13.0. The monoisotopic (exact) mass is 330 g/mol. The number of nitrogens with zero attached hydrogens (tertiary/aromatic N) is 2. The second kappa shape index (κ2) is 6.92. The van der Waals surface area contributed by atoms with Gasteiger partial charge >= 0.3 is 0 Å². The summed E-state index contributed by atoms with van der Waals surface area (Å²) in [5.41, 5.74) is 1.76. The van der Waals surface area contributed by atoms with Crippen molar-refractivity contribution in [3.63, 3.8) is 0 Å². The number of amides is 1. The fraction of sp³-hybridized carbons (Fsp3) is 0.278. The lowest BCUT2D eigenvalue weighted by atomic mass is 10.1. The minimum Gasteiger partial charge on any atom is -0.496 e. The first kappa shape index (κ1) is 15.7. The largest absolute Gasteiger partial charge is 0.496 e. The first-order valence-electron chi connectivity index (χ1n) is 7.62. The van der Waals surface area contributed by atoms with Crippen molar-refractivity contribution in [1.82, 2.24) is 4.90 Å². The van der Waals surface area contributed by atoms with Crippen LogP contribution in [0, 0.1) is 0 Å². The van der Waals surface area contributed by atoms with Crippen LogP contribution >= 0.6 is 11.6 Å². The molecule has 2 aromatic carbocycles. The molecule has 0 spiro atoms. The Hall–Kier alpha value is -2.20. The molecule has 120 valence electrons. The molecular formula is C18H19ClN2O2. The number of methoxy groups -OCH3 is 1. The highest BCUT2D eigenvalue weighted by Crippen LogP contribution is 2.22. The molecule has 0 aromatic heterocycles. The van der Waals surface area contributed by atoms with Crippen molar-refractivity contribution in [2.75, 3.05) is 38.2 Å². The molecule has 1 aliphatic heterocycles. The van der Waals surface area contributed by atoms with E-state index in [9.17, 15) is 4.79 Å². The standard InChI is InChI=1S/C18H19ClN2O2/c1-23-17-5-3-2-4-16(17)18(22)21-12-10-20(11-13-21)15-8-6-14(19)7-9-15/h2-9H,10-13H2,1H3. The Balaban J connectivity index is 1.66. The molecular weight excluding hydrogens is 312 g/mol. The number of rotatable bonds is 3. The van der Waals surface area contributed by atoms with Gasteiger partial charge in [0.05, 0.1) is 12.7 Å². The summed E-state index contributed by atoms with van der Waals surface area (Å²) >= 11 is 5.93. The van der Waals surface area contributed by atoms with Crippen LogP contribution in [0.5, 0.6) is 5.75 Å². The van der Waals surface area contributed by atoms with Gasteiger partial charge in [0.15, 0.2) is 0 Å². The summed E-state index contributed by atoms with van der Waals surface area (Å²) in [4.78, 5) is 16.8. The van der Waals surface area contributed by atoms with E-state index in [2.05, 4.69) is 4.90 Å². The molecule has 1 saturated heterocycles. The molecule has 2 aromatic rings. The predicted molar refractivity (Wildman–Crippen MR) is 92.6 cm³/mol. The van der Waals surface area contributed by atoms with Crippen molar-refractivity contribution in [2.45, 2.75) is 0 Å². The Labute approximate surface area is 141 Å². The minimum atomic E-state index is 0.0261. The number of piperazine rings is 1. The smallest absolute Gasteiger partial charge is 0.257 e. The van der Waals surface area contributed by atoms with Crippen LogP contribution in [0.15, 0.2) is 48.5 Å². The highest BCUT2D eigenvalue weighted by Gasteiger charge is 2.24. The Morgan fingerprint density at radius 1 is 1.00 bits per heavy atom. The van der Waals surface area contributed by atoms with Crippen molar-refractivity contribution in [3.05, 3.63) is 59.1 Å². The third kappa shape index (κ3) is 3.42. The quantitative estimate of drug-likeness (QED) is 0.865. The lowest BCUT2D eigenvalue weighted by Crippen LogP contribution is -2.48. The summed E-state index contributed by atoms with van der Waals surface area (Å²) in [6.07, 6.45) is 0. The van der Waals surface area contributed by atoms with Crippen molar-refractivity contribution in [1.29, 1.82) is 0 Å². The Kier molecular flexibility index (Phi) is 4.72. The van der Waals surface area contributed by atoms with Crippen molar-refractivity contribution >= 4 is 23.2 Å². The number of hydrogen-bond acceptors (Lipinski definition) is 3. The number of benzene rings is 2. The maximum Gasteiger partial charge on any atom is 0.257 e. The summed E-state index contributed by atoms with van der Waals surface area (Å²) in [6, 6.07) is 15.2. The van der Waals surface area contributed by atoms with Crippen LogP contribution < -0.4 is 9.64 Å². The number of carbonyl (C=O) groups excluding carboxylic acids is 1. The number of carbonyl (C=O) groups is 1. The Bertz CT molecular complexity index is 680. The highest BCUT2D eigenvalue weighted by atomic mass is 35.5. The van der Waals surface area contributed by atoms with Crippen molar-refractivity contribution < 1.29 is 9.53 Å². The van der Waals surface area contributed by atoms with Gasteiger partial charge in [0.25, 0.3) is 5.91 Å². The van der Waals surface area contributed by atoms with Gasteiger partial charge in [0.2, 0.25) is 0 Å². The number of para-hydroxylation sites is 1. The fourth-order valence-corrected chi connectivity index (χ4v) is 2.94. The van der Waals surface area contributed by atoms with Crippen LogP contribution in [0.1, 0.15) is 10.4 Å². The van der Waals surface area contributed by atoms with E-state index in [4.69, 9.17) is 16.3 Å². The molecule has 0 unspecified atom stereocenters. The molecule has 0 saturated carbocycles. The van der Waals surface area contributed by atoms with Gasteiger partial charge in [-0.3, -0.25) is 4.79 Å². The van der Waals surface area contributed by atoms with E-state index in [1.54, 1.807) is 7.11 Å². The number of ether oxygens (including phenoxy) is 1. The summed E-state index contributed by atoms with van der Waals surface area (Å²) < 4.78 is 5.29. The molecule has 0 radical (unpaired) electrons. The van der Waals surface area contributed by atoms with Gasteiger partial charge in [0, 0.05) is 36.9 Å². The van der Waals surface area contributed by atoms with Gasteiger partial charge < -0.3 is 14.5 Å². The highest BCUT2D eigenvalue weighted by molar-refractivity contribution is 6.30. The fourth-order valence-electron chi connectivity index (χ4n) is 2.81. The molecule has 1 amide bonds. The molecule has 1 fully saturated rings. The lowest BCUT2D eigenvalue weighted by Gasteiger charge is -2.36. The summed E-state index contributed by atoms with van der Waals surface area (Å²) in [6.45, 7) is 3.00. The topological polar surface area (TPSA) is 32.8 Å². The van der Waals surface area contributed by atoms with E-state index in [1.807, 2.05) is 53.4 Å². The first-order chi connectivity index (χ1) is 11.2. The van der Waals surface area contributed by atoms with E-state index in [1.165, 1.54) is 0 Å². The van der Waals surface area contributed by atoms with Gasteiger partial charge in [-0.05, 0) is 36.4 Å². The van der Waals surface area contributed by atoms with E-state index in [0.29, 0.717) is 24.4 Å². The normalized spacial score (nSPS) is 14.7. The van der Waals surface area contributed by atoms with Gasteiger partial charge in [-0.25, -0.2) is 0 Å². The van der Waals surface area contributed by atoms with Crippen LogP contribution in [0.2, 0.25) is 5.02 Å². The average molecular weight is 331 g/mol. The second-order valence-corrected chi connectivity index (χ2v) is 5.89. The summed E-state index contributed by atoms with van der Waals surface area (Å²) in [7, 11) is 1.59. The third-order valence-corrected chi connectivity index (χ3v) is 4.35. The van der Waals surface area contributed by atoms with E-state index >= 15 is 0 Å². The van der Waals surface area contributed by atoms with E-state index in [0.717, 1.165) is 23.8 Å². The number of halogens is 1. The molecule has 0 aliphatic carbocycles. The van der Waals surface area contributed by atoms with E-state index < -0.39 is 0 Å². The molecule has 0 bridgehead atoms. The second-order valence-electron chi connectivity index (χ2n) is 5.46. The summed E-state index contributed by atoms with van der Waals surface area (Å²) in [5, 5.41) is 0.735. The van der Waals surface area contributed by atoms with Crippen LogP contribution in [-0.2, 0) is 0 Å². The lowest BCUT2D eigenvalue weighted by molar-refractivity contribution is 0.0743. The van der Waals surface area contributed by atoms with Crippen LogP contribution in [0.4, 0.5) is 5.69 Å². The Morgan fingerprint density at radius 3 is 2.30 bits per heavy atom. The van der Waals surface area contributed by atoms with Gasteiger partial charge in [-0.2, -0.15) is 0 Å². The number of hydrogen-bond donors (Lipinski definition) is 0. The first-order valence-corrected chi connectivity index (χ1v) is 7.99.